The molecule has 0 aliphatic heterocycles. The third kappa shape index (κ3) is 3.72. The fourth-order valence-corrected chi connectivity index (χ4v) is 2.43. The van der Waals surface area contributed by atoms with Crippen LogP contribution in [0.3, 0.4) is 0 Å². The van der Waals surface area contributed by atoms with Crippen LogP contribution in [0, 0.1) is 27.7 Å². The molecule has 0 spiro atoms. The molecule has 0 aliphatic carbocycles. The summed E-state index contributed by atoms with van der Waals surface area (Å²) in [5.74, 6) is 0. The van der Waals surface area contributed by atoms with Crippen molar-refractivity contribution in [2.45, 2.75) is 46.3 Å². The molecular weight excluding hydrogens is 260 g/mol. The smallest absolute Gasteiger partial charge is 0.0818 e. The van der Waals surface area contributed by atoms with Crippen LogP contribution >= 0.6 is 0 Å². The number of hydrogen-bond acceptors (Lipinski definition) is 2. The Morgan fingerprint density at radius 3 is 1.38 bits per heavy atom. The number of aryl methyl sites for hydroxylation is 4. The fraction of sp³-hybridized carbons (Fsp3) is 0.368. The molecule has 0 amide bonds. The highest BCUT2D eigenvalue weighted by Crippen LogP contribution is 2.28. The van der Waals surface area contributed by atoms with Crippen molar-refractivity contribution in [1.29, 1.82) is 0 Å². The van der Waals surface area contributed by atoms with Gasteiger partial charge in [0.2, 0.25) is 0 Å². The van der Waals surface area contributed by atoms with E-state index in [0.29, 0.717) is 6.42 Å². The van der Waals surface area contributed by atoms with Gasteiger partial charge >= 0.3 is 0 Å². The molecular formula is C19H24O2. The summed E-state index contributed by atoms with van der Waals surface area (Å²) in [4.78, 5) is 0. The van der Waals surface area contributed by atoms with Crippen LogP contribution in [0.15, 0.2) is 36.4 Å². The maximum Gasteiger partial charge on any atom is 0.0818 e. The molecule has 2 heteroatoms. The quantitative estimate of drug-likeness (QED) is 0.888. The molecule has 112 valence electrons. The van der Waals surface area contributed by atoms with Crippen molar-refractivity contribution in [3.05, 3.63) is 69.8 Å². The number of aliphatic hydroxyl groups excluding tert-OH is 2. The van der Waals surface area contributed by atoms with Gasteiger partial charge in [-0.2, -0.15) is 0 Å². The molecule has 21 heavy (non-hydrogen) atoms. The van der Waals surface area contributed by atoms with Gasteiger partial charge in [0.25, 0.3) is 0 Å². The van der Waals surface area contributed by atoms with Gasteiger partial charge in [0, 0.05) is 6.42 Å². The minimum atomic E-state index is -0.652. The number of rotatable bonds is 4. The van der Waals surface area contributed by atoms with Crippen molar-refractivity contribution in [1.82, 2.24) is 0 Å². The molecule has 2 nitrogen and oxygen atoms in total. The monoisotopic (exact) mass is 284 g/mol. The largest absolute Gasteiger partial charge is 0.388 e. The average molecular weight is 284 g/mol. The van der Waals surface area contributed by atoms with Crippen molar-refractivity contribution >= 4 is 0 Å². The lowest BCUT2D eigenvalue weighted by Crippen LogP contribution is -2.06. The fourth-order valence-electron chi connectivity index (χ4n) is 2.43. The van der Waals surface area contributed by atoms with E-state index in [2.05, 4.69) is 13.8 Å². The predicted molar refractivity (Wildman–Crippen MR) is 86.4 cm³/mol. The van der Waals surface area contributed by atoms with Gasteiger partial charge in [0.05, 0.1) is 12.2 Å². The van der Waals surface area contributed by atoms with Gasteiger partial charge in [0.15, 0.2) is 0 Å². The van der Waals surface area contributed by atoms with Crippen LogP contribution in [-0.4, -0.2) is 10.2 Å². The van der Waals surface area contributed by atoms with Crippen molar-refractivity contribution in [2.75, 3.05) is 0 Å². The molecule has 2 atom stereocenters. The van der Waals surface area contributed by atoms with Gasteiger partial charge in [-0.05, 0) is 61.1 Å². The summed E-state index contributed by atoms with van der Waals surface area (Å²) in [6.45, 7) is 8.17. The molecule has 0 bridgehead atoms. The zero-order valence-corrected chi connectivity index (χ0v) is 13.2. The molecule has 0 heterocycles. The second-order valence-electron chi connectivity index (χ2n) is 5.95. The highest BCUT2D eigenvalue weighted by Gasteiger charge is 2.16. The predicted octanol–water partition coefficient (Wildman–Crippen LogP) is 4.08. The van der Waals surface area contributed by atoms with Crippen LogP contribution < -0.4 is 0 Å². The van der Waals surface area contributed by atoms with Gasteiger partial charge in [-0.3, -0.25) is 0 Å². The van der Waals surface area contributed by atoms with E-state index in [1.165, 1.54) is 11.1 Å². The van der Waals surface area contributed by atoms with Gasteiger partial charge in [-0.15, -0.1) is 0 Å². The molecule has 2 unspecified atom stereocenters. The van der Waals surface area contributed by atoms with Gasteiger partial charge in [0.1, 0.15) is 0 Å². The van der Waals surface area contributed by atoms with Crippen molar-refractivity contribution in [3.8, 4) is 0 Å². The second kappa shape index (κ2) is 6.42. The first-order valence-electron chi connectivity index (χ1n) is 7.39. The minimum Gasteiger partial charge on any atom is -0.388 e. The molecule has 0 saturated heterocycles. The minimum absolute atomic E-state index is 0.311. The molecule has 2 N–H and O–H groups in total. The summed E-state index contributed by atoms with van der Waals surface area (Å²) in [5, 5.41) is 20.7. The molecule has 2 rings (SSSR count). The van der Waals surface area contributed by atoms with E-state index >= 15 is 0 Å². The summed E-state index contributed by atoms with van der Waals surface area (Å²) < 4.78 is 0. The summed E-state index contributed by atoms with van der Waals surface area (Å²) in [7, 11) is 0. The van der Waals surface area contributed by atoms with Crippen molar-refractivity contribution < 1.29 is 10.2 Å². The Balaban J connectivity index is 2.12. The normalized spacial score (nSPS) is 14.0. The Hall–Kier alpha value is -1.64. The van der Waals surface area contributed by atoms with Crippen LogP contribution in [0.4, 0.5) is 0 Å². The zero-order chi connectivity index (χ0) is 15.6. The van der Waals surface area contributed by atoms with Crippen molar-refractivity contribution in [2.24, 2.45) is 0 Å². The van der Waals surface area contributed by atoms with E-state index in [4.69, 9.17) is 0 Å². The first kappa shape index (κ1) is 15.7. The third-order valence-electron chi connectivity index (χ3n) is 4.28. The van der Waals surface area contributed by atoms with E-state index in [1.807, 2.05) is 50.2 Å². The highest BCUT2D eigenvalue weighted by atomic mass is 16.3. The van der Waals surface area contributed by atoms with Gasteiger partial charge in [-0.25, -0.2) is 0 Å². The first-order valence-corrected chi connectivity index (χ1v) is 7.39. The molecule has 0 fully saturated rings. The average Bonchev–Trinajstić information content (AvgIpc) is 2.44. The van der Waals surface area contributed by atoms with Crippen molar-refractivity contribution in [3.63, 3.8) is 0 Å². The highest BCUT2D eigenvalue weighted by molar-refractivity contribution is 5.33. The lowest BCUT2D eigenvalue weighted by atomic mass is 9.95. The van der Waals surface area contributed by atoms with E-state index in [1.54, 1.807) is 0 Å². The Kier molecular flexibility index (Phi) is 4.81. The maximum absolute atomic E-state index is 10.3. The first-order chi connectivity index (χ1) is 9.88. The van der Waals surface area contributed by atoms with Crippen LogP contribution in [0.1, 0.15) is 52.0 Å². The summed E-state index contributed by atoms with van der Waals surface area (Å²) in [6.07, 6.45) is -0.993. The molecule has 0 saturated carbocycles. The number of aliphatic hydroxyl groups is 2. The lowest BCUT2D eigenvalue weighted by Gasteiger charge is -2.18. The number of benzene rings is 2. The van der Waals surface area contributed by atoms with E-state index in [-0.39, 0.29) is 0 Å². The van der Waals surface area contributed by atoms with E-state index in [9.17, 15) is 10.2 Å². The SMILES string of the molecule is Cc1ccc(C(O)CC(O)c2ccc(C)c(C)c2)cc1C. The Labute approximate surface area is 127 Å². The summed E-state index contributed by atoms with van der Waals surface area (Å²) in [6, 6.07) is 11.9. The second-order valence-corrected chi connectivity index (χ2v) is 5.95. The standard InChI is InChI=1S/C19H24O2/c1-12-5-7-16(9-14(12)3)18(20)11-19(21)17-8-6-13(2)15(4)10-17/h5-10,18-21H,11H2,1-4H3. The lowest BCUT2D eigenvalue weighted by molar-refractivity contribution is 0.0803. The molecule has 0 radical (unpaired) electrons. The van der Waals surface area contributed by atoms with Gasteiger partial charge in [-0.1, -0.05) is 36.4 Å². The molecule has 2 aromatic carbocycles. The van der Waals surface area contributed by atoms with Crippen LogP contribution in [0.5, 0.6) is 0 Å². The molecule has 0 aliphatic rings. The van der Waals surface area contributed by atoms with Crippen LogP contribution in [-0.2, 0) is 0 Å². The number of hydrogen-bond donors (Lipinski definition) is 2. The van der Waals surface area contributed by atoms with Gasteiger partial charge < -0.3 is 10.2 Å². The molecule has 2 aromatic rings. The Morgan fingerprint density at radius 1 is 0.667 bits per heavy atom. The maximum atomic E-state index is 10.3. The van der Waals surface area contributed by atoms with Crippen LogP contribution in [0.2, 0.25) is 0 Å². The Morgan fingerprint density at radius 2 is 1.05 bits per heavy atom. The Bertz CT molecular complexity index is 576. The molecule has 0 aromatic heterocycles. The third-order valence-corrected chi connectivity index (χ3v) is 4.28. The topological polar surface area (TPSA) is 40.5 Å². The van der Waals surface area contributed by atoms with Crippen LogP contribution in [0.25, 0.3) is 0 Å². The zero-order valence-electron chi connectivity index (χ0n) is 13.2. The summed E-state index contributed by atoms with van der Waals surface area (Å²) >= 11 is 0. The van der Waals surface area contributed by atoms with E-state index in [0.717, 1.165) is 22.3 Å². The summed E-state index contributed by atoms with van der Waals surface area (Å²) in [5.41, 5.74) is 6.46. The van der Waals surface area contributed by atoms with E-state index < -0.39 is 12.2 Å².